The molecule has 1 heterocycles. The van der Waals surface area contributed by atoms with Gasteiger partial charge in [-0.2, -0.15) is 0 Å². The van der Waals surface area contributed by atoms with Crippen LogP contribution >= 0.6 is 11.6 Å². The lowest BCUT2D eigenvalue weighted by molar-refractivity contribution is -0.892. The fourth-order valence-electron chi connectivity index (χ4n) is 3.30. The average molecular weight is 403 g/mol. The zero-order valence-corrected chi connectivity index (χ0v) is 16.7. The average Bonchev–Trinajstić information content (AvgIpc) is 2.72. The number of halogens is 1. The number of hydrogen-bond donors (Lipinski definition) is 2. The van der Waals surface area contributed by atoms with E-state index in [0.717, 1.165) is 42.5 Å². The fraction of sp³-hybridized carbons (Fsp3) is 0.333. The molecule has 0 atom stereocenters. The van der Waals surface area contributed by atoms with Crippen LogP contribution in [-0.2, 0) is 16.1 Å². The van der Waals surface area contributed by atoms with E-state index in [4.69, 9.17) is 11.6 Å². The second-order valence-electron chi connectivity index (χ2n) is 6.86. The Morgan fingerprint density at radius 2 is 1.86 bits per heavy atom. The maximum atomic E-state index is 12.3. The Morgan fingerprint density at radius 1 is 1.14 bits per heavy atom. The molecule has 1 amide bonds. The van der Waals surface area contributed by atoms with Crippen molar-refractivity contribution in [3.05, 3.63) is 64.7 Å². The van der Waals surface area contributed by atoms with Gasteiger partial charge in [-0.15, -0.1) is 0 Å². The van der Waals surface area contributed by atoms with Crippen molar-refractivity contribution in [1.82, 2.24) is 5.32 Å². The minimum Gasteiger partial charge on any atom is -0.465 e. The number of benzene rings is 2. The Labute approximate surface area is 170 Å². The number of esters is 1. The van der Waals surface area contributed by atoms with Gasteiger partial charge in [0.2, 0.25) is 0 Å². The van der Waals surface area contributed by atoms with E-state index in [-0.39, 0.29) is 11.9 Å². The number of amides is 1. The van der Waals surface area contributed by atoms with Gasteiger partial charge in [-0.1, -0.05) is 29.8 Å². The Balaban J connectivity index is 1.41. The third-order valence-electron chi connectivity index (χ3n) is 4.92. The van der Waals surface area contributed by atoms with Crippen molar-refractivity contribution in [3.63, 3.8) is 0 Å². The number of carbonyl (C=O) groups excluding carboxylic acids is 2. The number of anilines is 1. The standard InChI is InChI=1S/C21H24ClN3O3/c1-28-21(27)17-7-5-16(6-8-17)14-23-20(26)15-24-9-11-25(12-10-24)19-4-2-3-18(22)13-19/h2-8,13H,9-12,14-15H2,1H3,(H,23,26)/p+1. The molecule has 148 valence electrons. The summed E-state index contributed by atoms with van der Waals surface area (Å²) < 4.78 is 4.68. The van der Waals surface area contributed by atoms with Crippen LogP contribution in [0, 0.1) is 0 Å². The van der Waals surface area contributed by atoms with Crippen LogP contribution in [-0.4, -0.2) is 51.7 Å². The van der Waals surface area contributed by atoms with Crippen molar-refractivity contribution in [2.75, 3.05) is 44.7 Å². The first-order chi connectivity index (χ1) is 13.5. The lowest BCUT2D eigenvalue weighted by Crippen LogP contribution is -3.15. The molecule has 1 saturated heterocycles. The van der Waals surface area contributed by atoms with Crippen molar-refractivity contribution in [2.24, 2.45) is 0 Å². The van der Waals surface area contributed by atoms with E-state index in [0.29, 0.717) is 18.7 Å². The van der Waals surface area contributed by atoms with Gasteiger partial charge in [0.15, 0.2) is 6.54 Å². The molecular formula is C21H25ClN3O3+. The molecule has 1 aliphatic heterocycles. The van der Waals surface area contributed by atoms with E-state index < -0.39 is 0 Å². The van der Waals surface area contributed by atoms with Gasteiger partial charge in [0, 0.05) is 17.3 Å². The Kier molecular flexibility index (Phi) is 6.90. The summed E-state index contributed by atoms with van der Waals surface area (Å²) in [6.45, 7) is 4.53. The lowest BCUT2D eigenvalue weighted by atomic mass is 10.1. The SMILES string of the molecule is COC(=O)c1ccc(CNC(=O)C[NH+]2CCN(c3cccc(Cl)c3)CC2)cc1. The summed E-state index contributed by atoms with van der Waals surface area (Å²) in [4.78, 5) is 27.3. The zero-order valence-electron chi connectivity index (χ0n) is 15.9. The molecule has 0 radical (unpaired) electrons. The number of piperazine rings is 1. The summed E-state index contributed by atoms with van der Waals surface area (Å²) in [5.41, 5.74) is 2.58. The quantitative estimate of drug-likeness (QED) is 0.711. The molecule has 0 bridgehead atoms. The van der Waals surface area contributed by atoms with Gasteiger partial charge in [0.25, 0.3) is 5.91 Å². The van der Waals surface area contributed by atoms with Gasteiger partial charge in [0.1, 0.15) is 0 Å². The third-order valence-corrected chi connectivity index (χ3v) is 5.15. The summed E-state index contributed by atoms with van der Waals surface area (Å²) in [6, 6.07) is 14.9. The Bertz CT molecular complexity index is 818. The maximum absolute atomic E-state index is 12.3. The van der Waals surface area contributed by atoms with Crippen molar-refractivity contribution in [2.45, 2.75) is 6.54 Å². The molecule has 7 heteroatoms. The number of methoxy groups -OCH3 is 1. The first kappa shape index (κ1) is 20.2. The van der Waals surface area contributed by atoms with Crippen molar-refractivity contribution >= 4 is 29.2 Å². The van der Waals surface area contributed by atoms with Crippen molar-refractivity contribution in [3.8, 4) is 0 Å². The summed E-state index contributed by atoms with van der Waals surface area (Å²) in [7, 11) is 1.35. The molecule has 0 aromatic heterocycles. The predicted molar refractivity (Wildman–Crippen MR) is 109 cm³/mol. The van der Waals surface area contributed by atoms with E-state index in [1.165, 1.54) is 12.0 Å². The highest BCUT2D eigenvalue weighted by Gasteiger charge is 2.22. The lowest BCUT2D eigenvalue weighted by Gasteiger charge is -2.33. The van der Waals surface area contributed by atoms with Crippen LogP contribution in [0.5, 0.6) is 0 Å². The van der Waals surface area contributed by atoms with Gasteiger partial charge < -0.3 is 19.9 Å². The molecule has 1 aliphatic rings. The number of rotatable bonds is 6. The van der Waals surface area contributed by atoms with Crippen LogP contribution in [0.2, 0.25) is 5.02 Å². The molecule has 3 rings (SSSR count). The molecule has 0 unspecified atom stereocenters. The summed E-state index contributed by atoms with van der Waals surface area (Å²) in [5, 5.41) is 3.69. The third kappa shape index (κ3) is 5.47. The summed E-state index contributed by atoms with van der Waals surface area (Å²) in [6.07, 6.45) is 0. The fourth-order valence-corrected chi connectivity index (χ4v) is 3.48. The monoisotopic (exact) mass is 402 g/mol. The topological polar surface area (TPSA) is 63.1 Å². The first-order valence-corrected chi connectivity index (χ1v) is 9.71. The van der Waals surface area contributed by atoms with Gasteiger partial charge >= 0.3 is 5.97 Å². The highest BCUT2D eigenvalue weighted by Crippen LogP contribution is 2.19. The molecule has 6 nitrogen and oxygen atoms in total. The van der Waals surface area contributed by atoms with Crippen LogP contribution < -0.4 is 15.1 Å². The largest absolute Gasteiger partial charge is 0.465 e. The predicted octanol–water partition coefficient (Wildman–Crippen LogP) is 1.15. The molecule has 2 aromatic carbocycles. The Morgan fingerprint density at radius 3 is 2.50 bits per heavy atom. The van der Waals surface area contributed by atoms with Crippen LogP contribution in [0.25, 0.3) is 0 Å². The first-order valence-electron chi connectivity index (χ1n) is 9.33. The van der Waals surface area contributed by atoms with Gasteiger partial charge in [-0.3, -0.25) is 4.79 Å². The molecule has 2 aromatic rings. The van der Waals surface area contributed by atoms with Crippen LogP contribution in [0.3, 0.4) is 0 Å². The molecule has 2 N–H and O–H groups in total. The molecular weight excluding hydrogens is 378 g/mol. The number of carbonyl (C=O) groups is 2. The number of nitrogens with one attached hydrogen (secondary N) is 2. The van der Waals surface area contributed by atoms with Gasteiger partial charge in [-0.05, 0) is 35.9 Å². The summed E-state index contributed by atoms with van der Waals surface area (Å²) in [5.74, 6) is -0.334. The smallest absolute Gasteiger partial charge is 0.337 e. The van der Waals surface area contributed by atoms with Crippen LogP contribution in [0.15, 0.2) is 48.5 Å². The minimum atomic E-state index is -0.365. The van der Waals surface area contributed by atoms with Gasteiger partial charge in [-0.25, -0.2) is 4.79 Å². The van der Waals surface area contributed by atoms with E-state index >= 15 is 0 Å². The zero-order chi connectivity index (χ0) is 19.9. The normalized spacial score (nSPS) is 14.6. The number of nitrogens with zero attached hydrogens (tertiary/aromatic N) is 1. The molecule has 1 fully saturated rings. The molecule has 0 aliphatic carbocycles. The number of ether oxygens (including phenoxy) is 1. The van der Waals surface area contributed by atoms with Crippen LogP contribution in [0.4, 0.5) is 5.69 Å². The van der Waals surface area contributed by atoms with Crippen molar-refractivity contribution < 1.29 is 19.2 Å². The van der Waals surface area contributed by atoms with E-state index in [9.17, 15) is 9.59 Å². The Hall–Kier alpha value is -2.57. The number of hydrogen-bond acceptors (Lipinski definition) is 4. The van der Waals surface area contributed by atoms with E-state index in [2.05, 4.69) is 21.0 Å². The molecule has 0 saturated carbocycles. The maximum Gasteiger partial charge on any atom is 0.337 e. The minimum absolute atomic E-state index is 0.0308. The summed E-state index contributed by atoms with van der Waals surface area (Å²) >= 11 is 6.07. The second kappa shape index (κ2) is 9.57. The van der Waals surface area contributed by atoms with E-state index in [1.807, 2.05) is 30.3 Å². The van der Waals surface area contributed by atoms with E-state index in [1.54, 1.807) is 12.1 Å². The van der Waals surface area contributed by atoms with Crippen molar-refractivity contribution in [1.29, 1.82) is 0 Å². The highest BCUT2D eigenvalue weighted by molar-refractivity contribution is 6.30. The number of quaternary nitrogens is 1. The second-order valence-corrected chi connectivity index (χ2v) is 7.30. The molecule has 0 spiro atoms. The van der Waals surface area contributed by atoms with Crippen LogP contribution in [0.1, 0.15) is 15.9 Å². The highest BCUT2D eigenvalue weighted by atomic mass is 35.5. The van der Waals surface area contributed by atoms with Gasteiger partial charge in [0.05, 0.1) is 38.9 Å². The molecule has 28 heavy (non-hydrogen) atoms.